The number of rotatable bonds is 2. The Morgan fingerprint density at radius 2 is 1.88 bits per heavy atom. The van der Waals surface area contributed by atoms with Gasteiger partial charge < -0.3 is 24.6 Å². The Morgan fingerprint density at radius 3 is 2.56 bits per heavy atom. The van der Waals surface area contributed by atoms with E-state index < -0.39 is 35.7 Å². The van der Waals surface area contributed by atoms with Crippen molar-refractivity contribution >= 4 is 11.9 Å². The van der Waals surface area contributed by atoms with Gasteiger partial charge >= 0.3 is 5.97 Å². The lowest BCUT2D eigenvalue weighted by molar-refractivity contribution is -0.180. The van der Waals surface area contributed by atoms with Crippen LogP contribution in [-0.2, 0) is 23.8 Å². The minimum Gasteiger partial charge on any atom is -0.447 e. The summed E-state index contributed by atoms with van der Waals surface area (Å²) in [5.41, 5.74) is 0.962. The molecule has 0 saturated carbocycles. The van der Waals surface area contributed by atoms with Crippen LogP contribution in [-0.4, -0.2) is 52.7 Å². The van der Waals surface area contributed by atoms with Crippen molar-refractivity contribution in [1.29, 1.82) is 0 Å². The summed E-state index contributed by atoms with van der Waals surface area (Å²) in [6, 6.07) is -0.0670. The number of fused-ring (bicyclic) bond motifs is 1. The number of aliphatic hydroxyl groups excluding tert-OH is 1. The van der Waals surface area contributed by atoms with Crippen LogP contribution in [0.25, 0.3) is 0 Å². The zero-order valence-corrected chi connectivity index (χ0v) is 21.6. The van der Waals surface area contributed by atoms with E-state index in [2.05, 4.69) is 45.2 Å². The third-order valence-electron chi connectivity index (χ3n) is 8.07. The first-order chi connectivity index (χ1) is 15.8. The molecule has 2 N–H and O–H groups in total. The molecule has 4 aliphatic rings. The third-order valence-corrected chi connectivity index (χ3v) is 8.07. The maximum atomic E-state index is 13.7. The Morgan fingerprint density at radius 1 is 1.18 bits per heavy atom. The van der Waals surface area contributed by atoms with E-state index in [1.165, 1.54) is 5.57 Å². The second kappa shape index (κ2) is 9.07. The van der Waals surface area contributed by atoms with Crippen LogP contribution in [0, 0.1) is 23.7 Å². The summed E-state index contributed by atoms with van der Waals surface area (Å²) in [5.74, 6) is -1.65. The van der Waals surface area contributed by atoms with Crippen LogP contribution in [0.4, 0.5) is 0 Å². The van der Waals surface area contributed by atoms with Crippen molar-refractivity contribution < 1.29 is 28.9 Å². The van der Waals surface area contributed by atoms with Crippen molar-refractivity contribution in [1.82, 2.24) is 5.32 Å². The number of nitrogens with one attached hydrogen (secondary N) is 1. The van der Waals surface area contributed by atoms with Crippen LogP contribution in [0.15, 0.2) is 23.3 Å². The van der Waals surface area contributed by atoms with Crippen molar-refractivity contribution in [2.75, 3.05) is 0 Å². The van der Waals surface area contributed by atoms with Gasteiger partial charge in [-0.05, 0) is 58.8 Å². The normalized spacial score (nSPS) is 43.9. The molecule has 2 saturated heterocycles. The molecule has 3 heterocycles. The Labute approximate surface area is 203 Å². The Hall–Kier alpha value is -1.70. The molecule has 0 aromatic heterocycles. The molecule has 1 spiro atoms. The highest BCUT2D eigenvalue weighted by atomic mass is 16.8. The van der Waals surface area contributed by atoms with E-state index in [-0.39, 0.29) is 36.1 Å². The van der Waals surface area contributed by atoms with E-state index >= 15 is 0 Å². The third kappa shape index (κ3) is 4.47. The number of aliphatic hydroxyl groups is 1. The van der Waals surface area contributed by atoms with Gasteiger partial charge in [-0.3, -0.25) is 9.59 Å². The van der Waals surface area contributed by atoms with Gasteiger partial charge in [-0.25, -0.2) is 0 Å². The second-order valence-corrected chi connectivity index (χ2v) is 11.7. The van der Waals surface area contributed by atoms with Gasteiger partial charge in [-0.1, -0.05) is 44.1 Å². The van der Waals surface area contributed by atoms with Crippen LogP contribution in [0.2, 0.25) is 0 Å². The first-order valence-electron chi connectivity index (χ1n) is 12.8. The quantitative estimate of drug-likeness (QED) is 0.468. The number of esters is 1. The predicted molar refractivity (Wildman–Crippen MR) is 128 cm³/mol. The van der Waals surface area contributed by atoms with Gasteiger partial charge in [0.1, 0.15) is 12.2 Å². The van der Waals surface area contributed by atoms with Crippen LogP contribution in [0.5, 0.6) is 0 Å². The fourth-order valence-electron chi connectivity index (χ4n) is 6.50. The maximum Gasteiger partial charge on any atom is 0.309 e. The van der Waals surface area contributed by atoms with Gasteiger partial charge in [0.15, 0.2) is 5.79 Å². The number of hydrogen-bond donors (Lipinski definition) is 2. The lowest BCUT2D eigenvalue weighted by Gasteiger charge is -2.45. The standard InChI is InChI=1S/C27H41NO6/c1-14(2)10-19-23-17(5)16(4)12-18-11-15(3)8-9-20(29)24-21(32-26(6,7)34-24)13-22(30)33-27(18,23)25(31)28-19/h11-12,14,17-21,23-24,29H,8-10,13H2,1-7H3,(H,28,31)/b15-11+/t17-,18-,19+,20-,21+,23-,24-,27+/m0/s1. The Bertz CT molecular complexity index is 892. The molecule has 34 heavy (non-hydrogen) atoms. The molecule has 1 amide bonds. The molecule has 7 nitrogen and oxygen atoms in total. The molecule has 4 rings (SSSR count). The number of allylic oxidation sites excluding steroid dienone is 2. The van der Waals surface area contributed by atoms with Gasteiger partial charge in [0.25, 0.3) is 5.91 Å². The highest BCUT2D eigenvalue weighted by Crippen LogP contribution is 2.51. The summed E-state index contributed by atoms with van der Waals surface area (Å²) in [7, 11) is 0. The molecule has 3 aliphatic heterocycles. The SMILES string of the molecule is CC1=C[C@@H]2/C=C(\C)CC[C@H](O)[C@@H]3OC(C)(C)O[C@@H]3CC(=O)O[C@]23C(=O)N[C@H](CC(C)C)[C@@H]3[C@H]1C. The minimum absolute atomic E-state index is 0.0670. The van der Waals surface area contributed by atoms with Crippen molar-refractivity contribution in [3.8, 4) is 0 Å². The van der Waals surface area contributed by atoms with Crippen LogP contribution in [0.3, 0.4) is 0 Å². The van der Waals surface area contributed by atoms with E-state index in [0.29, 0.717) is 18.8 Å². The van der Waals surface area contributed by atoms with Gasteiger partial charge in [0, 0.05) is 17.9 Å². The van der Waals surface area contributed by atoms with Gasteiger partial charge in [0.2, 0.25) is 5.60 Å². The van der Waals surface area contributed by atoms with E-state index in [4.69, 9.17) is 14.2 Å². The topological polar surface area (TPSA) is 94.1 Å². The largest absolute Gasteiger partial charge is 0.447 e. The van der Waals surface area contributed by atoms with Crippen LogP contribution in [0.1, 0.15) is 74.1 Å². The van der Waals surface area contributed by atoms with Crippen LogP contribution < -0.4 is 5.32 Å². The summed E-state index contributed by atoms with van der Waals surface area (Å²) in [6.07, 6.45) is 4.02. The molecule has 0 aromatic carbocycles. The molecule has 7 heteroatoms. The number of carbonyl (C=O) groups excluding carboxylic acids is 2. The lowest BCUT2D eigenvalue weighted by Crippen LogP contribution is -2.56. The Balaban J connectivity index is 1.78. The molecule has 0 unspecified atom stereocenters. The first-order valence-corrected chi connectivity index (χ1v) is 12.8. The molecular formula is C27H41NO6. The minimum atomic E-state index is -1.29. The fraction of sp³-hybridized carbons (Fsp3) is 0.778. The summed E-state index contributed by atoms with van der Waals surface area (Å²) in [6.45, 7) is 14.1. The molecule has 2 fully saturated rings. The summed E-state index contributed by atoms with van der Waals surface area (Å²) in [4.78, 5) is 27.2. The lowest BCUT2D eigenvalue weighted by atomic mass is 9.63. The monoisotopic (exact) mass is 475 g/mol. The van der Waals surface area contributed by atoms with Gasteiger partial charge in [0.05, 0.1) is 12.5 Å². The van der Waals surface area contributed by atoms with Crippen LogP contribution >= 0.6 is 0 Å². The summed E-state index contributed by atoms with van der Waals surface area (Å²) in [5, 5.41) is 14.1. The van der Waals surface area contributed by atoms with Gasteiger partial charge in [-0.15, -0.1) is 0 Å². The number of hydrogen-bond acceptors (Lipinski definition) is 6. The van der Waals surface area contributed by atoms with E-state index in [1.807, 2.05) is 6.92 Å². The molecule has 0 bridgehead atoms. The van der Waals surface area contributed by atoms with Crippen molar-refractivity contribution in [2.45, 2.75) is 110 Å². The molecule has 0 radical (unpaired) electrons. The molecule has 8 atom stereocenters. The molecular weight excluding hydrogens is 434 g/mol. The molecule has 1 aliphatic carbocycles. The predicted octanol–water partition coefficient (Wildman–Crippen LogP) is 3.65. The smallest absolute Gasteiger partial charge is 0.309 e. The summed E-state index contributed by atoms with van der Waals surface area (Å²) < 4.78 is 18.3. The molecule has 190 valence electrons. The van der Waals surface area contributed by atoms with E-state index in [0.717, 1.165) is 12.0 Å². The van der Waals surface area contributed by atoms with Crippen molar-refractivity contribution in [3.63, 3.8) is 0 Å². The average Bonchev–Trinajstić information content (AvgIpc) is 3.16. The molecule has 0 aromatic rings. The number of carbonyl (C=O) groups is 2. The van der Waals surface area contributed by atoms with Crippen molar-refractivity contribution in [2.24, 2.45) is 23.7 Å². The first kappa shape index (κ1) is 25.4. The number of amides is 1. The maximum absolute atomic E-state index is 13.7. The summed E-state index contributed by atoms with van der Waals surface area (Å²) >= 11 is 0. The highest BCUT2D eigenvalue weighted by molar-refractivity contribution is 5.92. The zero-order valence-electron chi connectivity index (χ0n) is 21.6. The highest BCUT2D eigenvalue weighted by Gasteiger charge is 2.64. The fourth-order valence-corrected chi connectivity index (χ4v) is 6.50. The van der Waals surface area contributed by atoms with Gasteiger partial charge in [-0.2, -0.15) is 0 Å². The number of ether oxygens (including phenoxy) is 3. The van der Waals surface area contributed by atoms with E-state index in [1.54, 1.807) is 13.8 Å². The zero-order chi connectivity index (χ0) is 25.0. The Kier molecular flexibility index (Phi) is 6.77. The van der Waals surface area contributed by atoms with E-state index in [9.17, 15) is 14.7 Å². The second-order valence-electron chi connectivity index (χ2n) is 11.7. The average molecular weight is 476 g/mol. The van der Waals surface area contributed by atoms with Crippen molar-refractivity contribution in [3.05, 3.63) is 23.3 Å².